The fourth-order valence-corrected chi connectivity index (χ4v) is 1.93. The Labute approximate surface area is 123 Å². The number of oxime groups is 1. The normalized spacial score (nSPS) is 11.4. The van der Waals surface area contributed by atoms with Gasteiger partial charge in [-0.3, -0.25) is 0 Å². The molecule has 5 nitrogen and oxygen atoms in total. The van der Waals surface area contributed by atoms with Gasteiger partial charge in [-0.1, -0.05) is 35.5 Å². The average molecular weight is 286 g/mol. The number of hydrogen-bond acceptors (Lipinski definition) is 4. The lowest BCUT2D eigenvalue weighted by atomic mass is 10.1. The minimum Gasteiger partial charge on any atom is -0.497 e. The summed E-state index contributed by atoms with van der Waals surface area (Å²) in [6, 6.07) is 15.1. The van der Waals surface area contributed by atoms with Crippen LogP contribution < -0.4 is 10.5 Å². The van der Waals surface area contributed by atoms with E-state index in [4.69, 9.17) is 20.4 Å². The Bertz CT molecular complexity index is 626. The van der Waals surface area contributed by atoms with Crippen molar-refractivity contribution in [3.63, 3.8) is 0 Å². The molecule has 0 amide bonds. The lowest BCUT2D eigenvalue weighted by molar-refractivity contribution is 0.107. The van der Waals surface area contributed by atoms with Crippen molar-refractivity contribution < 1.29 is 14.7 Å². The summed E-state index contributed by atoms with van der Waals surface area (Å²) in [5, 5.41) is 11.7. The molecular weight excluding hydrogens is 268 g/mol. The van der Waals surface area contributed by atoms with Crippen LogP contribution in [0.2, 0.25) is 0 Å². The standard InChI is InChI=1S/C16H18N2O3/c1-20-15-7-3-5-13(9-15)11-21-10-12-4-2-6-14(8-12)16(17)18-19/h2-9,19H,10-11H2,1H3,(H2,17,18). The van der Waals surface area contributed by atoms with Crippen LogP contribution in [-0.4, -0.2) is 18.2 Å². The average Bonchev–Trinajstić information content (AvgIpc) is 2.54. The molecule has 0 unspecified atom stereocenters. The molecule has 21 heavy (non-hydrogen) atoms. The highest BCUT2D eigenvalue weighted by molar-refractivity contribution is 5.97. The molecule has 0 aliphatic heterocycles. The number of nitrogens with two attached hydrogens (primary N) is 1. The molecule has 2 aromatic rings. The highest BCUT2D eigenvalue weighted by Gasteiger charge is 2.01. The molecule has 0 aliphatic rings. The van der Waals surface area contributed by atoms with E-state index < -0.39 is 0 Å². The zero-order valence-electron chi connectivity index (χ0n) is 11.8. The second-order valence-corrected chi connectivity index (χ2v) is 4.53. The molecule has 0 atom stereocenters. The maximum absolute atomic E-state index is 8.67. The van der Waals surface area contributed by atoms with Gasteiger partial charge in [-0.15, -0.1) is 0 Å². The van der Waals surface area contributed by atoms with Crippen molar-refractivity contribution >= 4 is 5.84 Å². The predicted octanol–water partition coefficient (Wildman–Crippen LogP) is 2.51. The van der Waals surface area contributed by atoms with Crippen LogP contribution in [0.5, 0.6) is 5.75 Å². The van der Waals surface area contributed by atoms with Gasteiger partial charge >= 0.3 is 0 Å². The van der Waals surface area contributed by atoms with Gasteiger partial charge in [0.25, 0.3) is 0 Å². The highest BCUT2D eigenvalue weighted by atomic mass is 16.5. The van der Waals surface area contributed by atoms with E-state index in [9.17, 15) is 0 Å². The second kappa shape index (κ2) is 7.31. The molecule has 0 spiro atoms. The zero-order chi connectivity index (χ0) is 15.1. The minimum atomic E-state index is 0.0876. The van der Waals surface area contributed by atoms with Gasteiger partial charge in [-0.05, 0) is 29.3 Å². The van der Waals surface area contributed by atoms with Gasteiger partial charge in [0.2, 0.25) is 0 Å². The highest BCUT2D eigenvalue weighted by Crippen LogP contribution is 2.14. The van der Waals surface area contributed by atoms with Gasteiger partial charge in [-0.25, -0.2) is 0 Å². The number of methoxy groups -OCH3 is 1. The lowest BCUT2D eigenvalue weighted by Crippen LogP contribution is -2.13. The fraction of sp³-hybridized carbons (Fsp3) is 0.188. The number of amidine groups is 1. The van der Waals surface area contributed by atoms with Crippen LogP contribution in [0, 0.1) is 0 Å². The molecule has 2 aromatic carbocycles. The first-order chi connectivity index (χ1) is 10.2. The number of nitrogens with zero attached hydrogens (tertiary/aromatic N) is 1. The Hall–Kier alpha value is -2.53. The Kier molecular flexibility index (Phi) is 5.17. The topological polar surface area (TPSA) is 77.1 Å². The summed E-state index contributed by atoms with van der Waals surface area (Å²) in [7, 11) is 1.64. The van der Waals surface area contributed by atoms with Crippen molar-refractivity contribution in [3.8, 4) is 5.75 Å². The van der Waals surface area contributed by atoms with Crippen molar-refractivity contribution in [3.05, 3.63) is 65.2 Å². The minimum absolute atomic E-state index is 0.0876. The summed E-state index contributed by atoms with van der Waals surface area (Å²) in [5.74, 6) is 0.898. The third kappa shape index (κ3) is 4.22. The van der Waals surface area contributed by atoms with Crippen molar-refractivity contribution in [1.82, 2.24) is 0 Å². The molecule has 3 N–H and O–H groups in total. The Morgan fingerprint density at radius 1 is 1.10 bits per heavy atom. The van der Waals surface area contributed by atoms with Gasteiger partial charge in [0.1, 0.15) is 5.75 Å². The molecule has 5 heteroatoms. The van der Waals surface area contributed by atoms with E-state index in [0.717, 1.165) is 16.9 Å². The van der Waals surface area contributed by atoms with E-state index in [0.29, 0.717) is 18.8 Å². The van der Waals surface area contributed by atoms with Crippen LogP contribution in [0.3, 0.4) is 0 Å². The van der Waals surface area contributed by atoms with Crippen molar-refractivity contribution in [2.75, 3.05) is 7.11 Å². The van der Waals surface area contributed by atoms with Crippen LogP contribution in [0.1, 0.15) is 16.7 Å². The third-order valence-corrected chi connectivity index (χ3v) is 3.00. The van der Waals surface area contributed by atoms with E-state index in [2.05, 4.69) is 5.16 Å². The molecule has 0 aliphatic carbocycles. The van der Waals surface area contributed by atoms with Crippen LogP contribution in [-0.2, 0) is 18.0 Å². The molecule has 0 saturated carbocycles. The first kappa shape index (κ1) is 14.9. The van der Waals surface area contributed by atoms with E-state index in [1.807, 2.05) is 42.5 Å². The fourth-order valence-electron chi connectivity index (χ4n) is 1.93. The van der Waals surface area contributed by atoms with E-state index >= 15 is 0 Å². The quantitative estimate of drug-likeness (QED) is 0.370. The molecule has 0 fully saturated rings. The molecule has 0 aromatic heterocycles. The first-order valence-electron chi connectivity index (χ1n) is 6.50. The second-order valence-electron chi connectivity index (χ2n) is 4.53. The molecule has 2 rings (SSSR count). The maximum atomic E-state index is 8.67. The van der Waals surface area contributed by atoms with E-state index in [-0.39, 0.29) is 5.84 Å². The molecule has 0 heterocycles. The van der Waals surface area contributed by atoms with E-state index in [1.165, 1.54) is 0 Å². The number of rotatable bonds is 6. The molecular formula is C16H18N2O3. The number of ether oxygens (including phenoxy) is 2. The lowest BCUT2D eigenvalue weighted by Gasteiger charge is -2.07. The summed E-state index contributed by atoms with van der Waals surface area (Å²) in [4.78, 5) is 0. The van der Waals surface area contributed by atoms with Crippen LogP contribution >= 0.6 is 0 Å². The van der Waals surface area contributed by atoms with Gasteiger partial charge < -0.3 is 20.4 Å². The van der Waals surface area contributed by atoms with Crippen LogP contribution in [0.15, 0.2) is 53.7 Å². The monoisotopic (exact) mass is 286 g/mol. The van der Waals surface area contributed by atoms with Crippen molar-refractivity contribution in [2.24, 2.45) is 10.9 Å². The number of benzene rings is 2. The Morgan fingerprint density at radius 3 is 2.43 bits per heavy atom. The summed E-state index contributed by atoms with van der Waals surface area (Å²) in [6.45, 7) is 0.939. The first-order valence-corrected chi connectivity index (χ1v) is 6.50. The van der Waals surface area contributed by atoms with Gasteiger partial charge in [0.05, 0.1) is 20.3 Å². The van der Waals surface area contributed by atoms with E-state index in [1.54, 1.807) is 13.2 Å². The SMILES string of the molecule is COc1cccc(COCc2cccc(/C(N)=N/O)c2)c1. The van der Waals surface area contributed by atoms with Gasteiger partial charge in [0, 0.05) is 5.56 Å². The summed E-state index contributed by atoms with van der Waals surface area (Å²) < 4.78 is 10.8. The third-order valence-electron chi connectivity index (χ3n) is 3.00. The van der Waals surface area contributed by atoms with Crippen molar-refractivity contribution in [1.29, 1.82) is 0 Å². The molecule has 0 bridgehead atoms. The predicted molar refractivity (Wildman–Crippen MR) is 80.4 cm³/mol. The summed E-state index contributed by atoms with van der Waals surface area (Å²) >= 11 is 0. The smallest absolute Gasteiger partial charge is 0.170 e. The molecule has 110 valence electrons. The summed E-state index contributed by atoms with van der Waals surface area (Å²) in [5.41, 5.74) is 8.23. The molecule has 0 radical (unpaired) electrons. The van der Waals surface area contributed by atoms with Crippen LogP contribution in [0.25, 0.3) is 0 Å². The van der Waals surface area contributed by atoms with Crippen LogP contribution in [0.4, 0.5) is 0 Å². The Morgan fingerprint density at radius 2 is 1.76 bits per heavy atom. The van der Waals surface area contributed by atoms with Gasteiger partial charge in [0.15, 0.2) is 5.84 Å². The molecule has 0 saturated heterocycles. The van der Waals surface area contributed by atoms with Gasteiger partial charge in [-0.2, -0.15) is 0 Å². The maximum Gasteiger partial charge on any atom is 0.170 e. The zero-order valence-corrected chi connectivity index (χ0v) is 11.8. The largest absolute Gasteiger partial charge is 0.497 e. The van der Waals surface area contributed by atoms with Crippen molar-refractivity contribution in [2.45, 2.75) is 13.2 Å². The summed E-state index contributed by atoms with van der Waals surface area (Å²) in [6.07, 6.45) is 0. The number of hydrogen-bond donors (Lipinski definition) is 2. The Balaban J connectivity index is 1.94.